The molecular formula is C15H18N4O3. The Labute approximate surface area is 128 Å². The third-order valence-corrected chi connectivity index (χ3v) is 3.59. The van der Waals surface area contributed by atoms with E-state index in [1.54, 1.807) is 23.9 Å². The molecule has 1 aromatic heterocycles. The molecule has 1 aromatic carbocycles. The minimum Gasteiger partial charge on any atom is -0.344 e. The van der Waals surface area contributed by atoms with Gasteiger partial charge in [-0.3, -0.25) is 19.6 Å². The number of aryl methyl sites for hydroxylation is 1. The minimum atomic E-state index is -0.484. The average Bonchev–Trinajstić information content (AvgIpc) is 2.95. The predicted octanol–water partition coefficient (Wildman–Crippen LogP) is 2.61. The summed E-state index contributed by atoms with van der Waals surface area (Å²) in [5.41, 5.74) is 1.50. The van der Waals surface area contributed by atoms with Crippen molar-refractivity contribution in [1.82, 2.24) is 15.1 Å². The molecule has 0 aliphatic rings. The predicted molar refractivity (Wildman–Crippen MR) is 81.6 cm³/mol. The van der Waals surface area contributed by atoms with Gasteiger partial charge in [0, 0.05) is 29.9 Å². The Morgan fingerprint density at radius 2 is 2.18 bits per heavy atom. The summed E-state index contributed by atoms with van der Waals surface area (Å²) < 4.78 is 1.80. The average molecular weight is 302 g/mol. The van der Waals surface area contributed by atoms with E-state index in [0.717, 1.165) is 5.69 Å². The molecule has 1 N–H and O–H groups in total. The maximum Gasteiger partial charge on any atom is 0.273 e. The number of nitrogens with one attached hydrogen (secondary N) is 1. The van der Waals surface area contributed by atoms with E-state index in [1.807, 2.05) is 19.9 Å². The van der Waals surface area contributed by atoms with Crippen molar-refractivity contribution in [2.45, 2.75) is 33.4 Å². The Morgan fingerprint density at radius 1 is 1.45 bits per heavy atom. The second-order valence-electron chi connectivity index (χ2n) is 4.97. The van der Waals surface area contributed by atoms with E-state index in [4.69, 9.17) is 0 Å². The highest BCUT2D eigenvalue weighted by molar-refractivity contribution is 5.96. The van der Waals surface area contributed by atoms with Crippen LogP contribution in [0, 0.1) is 17.0 Å². The molecule has 2 rings (SSSR count). The Kier molecular flexibility index (Phi) is 4.55. The van der Waals surface area contributed by atoms with Crippen LogP contribution in [0.5, 0.6) is 0 Å². The van der Waals surface area contributed by atoms with Crippen molar-refractivity contribution in [2.24, 2.45) is 0 Å². The highest BCUT2D eigenvalue weighted by Crippen LogP contribution is 2.22. The van der Waals surface area contributed by atoms with Crippen LogP contribution in [0.2, 0.25) is 0 Å². The van der Waals surface area contributed by atoms with Gasteiger partial charge >= 0.3 is 0 Å². The fraction of sp³-hybridized carbons (Fsp3) is 0.333. The van der Waals surface area contributed by atoms with Crippen LogP contribution in [0.4, 0.5) is 5.69 Å². The van der Waals surface area contributed by atoms with E-state index >= 15 is 0 Å². The number of nitro benzene ring substituents is 1. The van der Waals surface area contributed by atoms with Gasteiger partial charge in [0.2, 0.25) is 0 Å². The van der Waals surface area contributed by atoms with Crippen molar-refractivity contribution in [3.8, 4) is 0 Å². The van der Waals surface area contributed by atoms with Crippen molar-refractivity contribution < 1.29 is 9.72 Å². The summed E-state index contributed by atoms with van der Waals surface area (Å²) >= 11 is 0. The van der Waals surface area contributed by atoms with Crippen molar-refractivity contribution in [3.63, 3.8) is 0 Å². The number of hydrogen-bond donors (Lipinski definition) is 1. The maximum absolute atomic E-state index is 12.4. The molecular weight excluding hydrogens is 284 g/mol. The summed E-state index contributed by atoms with van der Waals surface area (Å²) in [4.78, 5) is 22.8. The lowest BCUT2D eigenvalue weighted by Crippen LogP contribution is -2.29. The molecule has 1 atom stereocenters. The molecule has 0 spiro atoms. The minimum absolute atomic E-state index is 0.0566. The number of carbonyl (C=O) groups is 1. The van der Waals surface area contributed by atoms with Gasteiger partial charge in [0.1, 0.15) is 0 Å². The first-order chi connectivity index (χ1) is 10.5. The highest BCUT2D eigenvalue weighted by Gasteiger charge is 2.20. The monoisotopic (exact) mass is 302 g/mol. The third-order valence-electron chi connectivity index (χ3n) is 3.59. The van der Waals surface area contributed by atoms with E-state index in [1.165, 1.54) is 12.1 Å². The summed E-state index contributed by atoms with van der Waals surface area (Å²) in [6, 6.07) is 6.09. The van der Waals surface area contributed by atoms with E-state index in [2.05, 4.69) is 10.4 Å². The number of nitro groups is 1. The van der Waals surface area contributed by atoms with E-state index in [0.29, 0.717) is 17.7 Å². The van der Waals surface area contributed by atoms with E-state index < -0.39 is 4.92 Å². The molecule has 0 radical (unpaired) electrons. The number of benzene rings is 1. The van der Waals surface area contributed by atoms with Crippen molar-refractivity contribution in [1.29, 1.82) is 0 Å². The van der Waals surface area contributed by atoms with Gasteiger partial charge in [-0.1, -0.05) is 6.07 Å². The molecule has 7 heteroatoms. The zero-order valence-corrected chi connectivity index (χ0v) is 12.7. The lowest BCUT2D eigenvalue weighted by Gasteiger charge is -2.16. The van der Waals surface area contributed by atoms with Gasteiger partial charge in [0.15, 0.2) is 0 Å². The molecule has 0 saturated heterocycles. The van der Waals surface area contributed by atoms with Gasteiger partial charge in [-0.2, -0.15) is 5.10 Å². The van der Waals surface area contributed by atoms with Crippen molar-refractivity contribution >= 4 is 11.6 Å². The van der Waals surface area contributed by atoms with Crippen LogP contribution < -0.4 is 5.32 Å². The molecule has 0 fully saturated rings. The van der Waals surface area contributed by atoms with Gasteiger partial charge < -0.3 is 5.32 Å². The summed E-state index contributed by atoms with van der Waals surface area (Å²) in [5, 5.41) is 18.0. The first-order valence-electron chi connectivity index (χ1n) is 7.02. The third kappa shape index (κ3) is 2.98. The van der Waals surface area contributed by atoms with Gasteiger partial charge in [-0.05, 0) is 32.9 Å². The zero-order valence-electron chi connectivity index (χ0n) is 12.7. The maximum atomic E-state index is 12.4. The number of nitrogens with zero attached hydrogens (tertiary/aromatic N) is 3. The first-order valence-corrected chi connectivity index (χ1v) is 7.02. The molecule has 7 nitrogen and oxygen atoms in total. The van der Waals surface area contributed by atoms with Crippen LogP contribution in [0.3, 0.4) is 0 Å². The molecule has 0 bridgehead atoms. The normalized spacial score (nSPS) is 12.0. The van der Waals surface area contributed by atoms with Gasteiger partial charge in [-0.15, -0.1) is 0 Å². The molecule has 1 unspecified atom stereocenters. The highest BCUT2D eigenvalue weighted by atomic mass is 16.6. The summed E-state index contributed by atoms with van der Waals surface area (Å²) in [7, 11) is 0. The van der Waals surface area contributed by atoms with Crippen LogP contribution in [-0.4, -0.2) is 20.6 Å². The van der Waals surface area contributed by atoms with Gasteiger partial charge in [0.25, 0.3) is 11.6 Å². The Morgan fingerprint density at radius 3 is 2.82 bits per heavy atom. The smallest absolute Gasteiger partial charge is 0.273 e. The lowest BCUT2D eigenvalue weighted by molar-refractivity contribution is -0.385. The van der Waals surface area contributed by atoms with E-state index in [-0.39, 0.29) is 17.6 Å². The van der Waals surface area contributed by atoms with Gasteiger partial charge in [-0.25, -0.2) is 0 Å². The molecule has 2 aromatic rings. The second kappa shape index (κ2) is 6.38. The van der Waals surface area contributed by atoms with Crippen molar-refractivity contribution in [2.75, 3.05) is 0 Å². The first kappa shape index (κ1) is 15.7. The fourth-order valence-corrected chi connectivity index (χ4v) is 2.39. The van der Waals surface area contributed by atoms with Crippen molar-refractivity contribution in [3.05, 3.63) is 57.4 Å². The molecule has 1 heterocycles. The SMILES string of the molecule is CCn1nccc1C(C)NC(=O)c1cccc([N+](=O)[O-])c1C. The number of hydrogen-bond acceptors (Lipinski definition) is 4. The number of carbonyl (C=O) groups excluding carboxylic acids is 1. The number of aromatic nitrogens is 2. The second-order valence-corrected chi connectivity index (χ2v) is 4.97. The molecule has 116 valence electrons. The van der Waals surface area contributed by atoms with Crippen LogP contribution in [0.15, 0.2) is 30.5 Å². The molecule has 0 saturated carbocycles. The molecule has 0 aliphatic carbocycles. The quantitative estimate of drug-likeness (QED) is 0.679. The van der Waals surface area contributed by atoms with Crippen LogP contribution in [-0.2, 0) is 6.54 Å². The Hall–Kier alpha value is -2.70. The van der Waals surface area contributed by atoms with Gasteiger partial charge in [0.05, 0.1) is 16.7 Å². The lowest BCUT2D eigenvalue weighted by atomic mass is 10.1. The molecule has 22 heavy (non-hydrogen) atoms. The zero-order chi connectivity index (χ0) is 16.3. The standard InChI is InChI=1S/C15H18N4O3/c1-4-18-14(8-9-16-18)11(3)17-15(20)12-6-5-7-13(10(12)2)19(21)22/h5-9,11H,4H2,1-3H3,(H,17,20). The van der Waals surface area contributed by atoms with E-state index in [9.17, 15) is 14.9 Å². The fourth-order valence-electron chi connectivity index (χ4n) is 2.39. The largest absolute Gasteiger partial charge is 0.344 e. The Balaban J connectivity index is 2.23. The van der Waals surface area contributed by atoms with Crippen LogP contribution in [0.1, 0.15) is 41.5 Å². The van der Waals surface area contributed by atoms with Crippen LogP contribution in [0.25, 0.3) is 0 Å². The number of rotatable bonds is 5. The summed E-state index contributed by atoms with van der Waals surface area (Å²) in [5.74, 6) is -0.336. The van der Waals surface area contributed by atoms with Crippen LogP contribution >= 0.6 is 0 Å². The molecule has 1 amide bonds. The Bertz CT molecular complexity index is 709. The topological polar surface area (TPSA) is 90.1 Å². The summed E-state index contributed by atoms with van der Waals surface area (Å²) in [6.45, 7) is 6.11. The number of amides is 1. The summed E-state index contributed by atoms with van der Waals surface area (Å²) in [6.07, 6.45) is 1.68. The molecule has 0 aliphatic heterocycles.